The first-order valence-corrected chi connectivity index (χ1v) is 6.86. The molecule has 0 atom stereocenters. The highest BCUT2D eigenvalue weighted by Gasteiger charge is 2.06. The van der Waals surface area contributed by atoms with Gasteiger partial charge < -0.3 is 5.32 Å². The van der Waals surface area contributed by atoms with Gasteiger partial charge in [0.15, 0.2) is 0 Å². The third kappa shape index (κ3) is 5.31. The van der Waals surface area contributed by atoms with Crippen molar-refractivity contribution in [3.63, 3.8) is 0 Å². The van der Waals surface area contributed by atoms with E-state index in [9.17, 15) is 0 Å². The van der Waals surface area contributed by atoms with Gasteiger partial charge in [-0.15, -0.1) is 17.8 Å². The first-order chi connectivity index (χ1) is 8.15. The molecular formula is C13H21N3S. The fourth-order valence-electron chi connectivity index (χ4n) is 1.43. The summed E-state index contributed by atoms with van der Waals surface area (Å²) in [6, 6.07) is 0.496. The van der Waals surface area contributed by atoms with Crippen LogP contribution in [0.25, 0.3) is 0 Å². The largest absolute Gasteiger partial charge is 0.308 e. The van der Waals surface area contributed by atoms with Crippen molar-refractivity contribution in [3.05, 3.63) is 16.1 Å². The lowest BCUT2D eigenvalue weighted by Gasteiger charge is -2.15. The van der Waals surface area contributed by atoms with Gasteiger partial charge in [0.05, 0.1) is 12.2 Å². The van der Waals surface area contributed by atoms with Gasteiger partial charge in [-0.25, -0.2) is 4.98 Å². The fourth-order valence-corrected chi connectivity index (χ4v) is 2.17. The Balaban J connectivity index is 2.47. The van der Waals surface area contributed by atoms with Crippen molar-refractivity contribution in [2.45, 2.75) is 39.9 Å². The van der Waals surface area contributed by atoms with Gasteiger partial charge in [0.25, 0.3) is 0 Å². The Morgan fingerprint density at radius 2 is 2.35 bits per heavy atom. The molecule has 0 bridgehead atoms. The molecule has 0 spiro atoms. The Hall–Kier alpha value is -0.890. The van der Waals surface area contributed by atoms with Crippen molar-refractivity contribution in [1.82, 2.24) is 15.2 Å². The van der Waals surface area contributed by atoms with Gasteiger partial charge in [0.1, 0.15) is 5.01 Å². The van der Waals surface area contributed by atoms with E-state index >= 15 is 0 Å². The smallest absolute Gasteiger partial charge is 0.107 e. The molecule has 0 aliphatic heterocycles. The fraction of sp³-hybridized carbons (Fsp3) is 0.615. The summed E-state index contributed by atoms with van der Waals surface area (Å²) in [7, 11) is 0. The van der Waals surface area contributed by atoms with E-state index in [4.69, 9.17) is 6.42 Å². The van der Waals surface area contributed by atoms with Crippen molar-refractivity contribution in [1.29, 1.82) is 0 Å². The number of terminal acetylenes is 1. The molecule has 4 heteroatoms. The molecule has 0 aromatic carbocycles. The lowest BCUT2D eigenvalue weighted by molar-refractivity contribution is 0.312. The summed E-state index contributed by atoms with van der Waals surface area (Å²) < 4.78 is 0. The lowest BCUT2D eigenvalue weighted by atomic mass is 10.4. The zero-order valence-electron chi connectivity index (χ0n) is 10.9. The van der Waals surface area contributed by atoms with Crippen molar-refractivity contribution in [3.8, 4) is 12.3 Å². The average Bonchev–Trinajstić information content (AvgIpc) is 2.73. The SMILES string of the molecule is C#CCN(CC)Cc1csc(CNC(C)C)n1. The quantitative estimate of drug-likeness (QED) is 0.752. The first kappa shape index (κ1) is 14.2. The van der Waals surface area contributed by atoms with Gasteiger partial charge in [-0.05, 0) is 6.54 Å². The molecule has 1 rings (SSSR count). The molecule has 1 aromatic rings. The molecule has 1 N–H and O–H groups in total. The van der Waals surface area contributed by atoms with E-state index in [0.717, 1.165) is 30.3 Å². The monoisotopic (exact) mass is 251 g/mol. The van der Waals surface area contributed by atoms with E-state index in [1.165, 1.54) is 0 Å². The molecule has 0 fully saturated rings. The minimum atomic E-state index is 0.496. The topological polar surface area (TPSA) is 28.2 Å². The Labute approximate surface area is 108 Å². The van der Waals surface area contributed by atoms with E-state index in [-0.39, 0.29) is 0 Å². The van der Waals surface area contributed by atoms with Crippen molar-refractivity contribution in [2.75, 3.05) is 13.1 Å². The van der Waals surface area contributed by atoms with Crippen molar-refractivity contribution >= 4 is 11.3 Å². The number of hydrogen-bond donors (Lipinski definition) is 1. The molecule has 0 radical (unpaired) electrons. The summed E-state index contributed by atoms with van der Waals surface area (Å²) in [5, 5.41) is 6.64. The minimum absolute atomic E-state index is 0.496. The zero-order valence-corrected chi connectivity index (χ0v) is 11.7. The minimum Gasteiger partial charge on any atom is -0.308 e. The molecule has 3 nitrogen and oxygen atoms in total. The third-order valence-electron chi connectivity index (χ3n) is 2.41. The molecule has 1 heterocycles. The molecule has 0 saturated carbocycles. The van der Waals surface area contributed by atoms with E-state index in [1.807, 2.05) is 0 Å². The number of aromatic nitrogens is 1. The molecule has 0 saturated heterocycles. The van der Waals surface area contributed by atoms with Crippen LogP contribution in [-0.4, -0.2) is 29.0 Å². The van der Waals surface area contributed by atoms with Gasteiger partial charge in [0, 0.05) is 24.5 Å². The molecule has 1 aromatic heterocycles. The van der Waals surface area contributed by atoms with Crippen LogP contribution in [0.3, 0.4) is 0 Å². The predicted molar refractivity (Wildman–Crippen MR) is 73.9 cm³/mol. The number of nitrogens with zero attached hydrogens (tertiary/aromatic N) is 2. The maximum absolute atomic E-state index is 5.33. The summed E-state index contributed by atoms with van der Waals surface area (Å²) in [4.78, 5) is 6.80. The lowest BCUT2D eigenvalue weighted by Crippen LogP contribution is -2.23. The highest BCUT2D eigenvalue weighted by Crippen LogP contribution is 2.11. The van der Waals surface area contributed by atoms with E-state index in [1.54, 1.807) is 11.3 Å². The summed E-state index contributed by atoms with van der Waals surface area (Å²) in [5.41, 5.74) is 1.12. The molecule has 17 heavy (non-hydrogen) atoms. The van der Waals surface area contributed by atoms with Crippen molar-refractivity contribution in [2.24, 2.45) is 0 Å². The Morgan fingerprint density at radius 3 is 2.94 bits per heavy atom. The molecule has 0 unspecified atom stereocenters. The number of rotatable bonds is 7. The van der Waals surface area contributed by atoms with Crippen molar-refractivity contribution < 1.29 is 0 Å². The second-order valence-corrected chi connectivity index (χ2v) is 5.22. The Kier molecular flexibility index (Phi) is 6.20. The maximum Gasteiger partial charge on any atom is 0.107 e. The average molecular weight is 251 g/mol. The highest BCUT2D eigenvalue weighted by atomic mass is 32.1. The molecule has 0 amide bonds. The molecular weight excluding hydrogens is 230 g/mol. The van der Waals surface area contributed by atoms with Crippen LogP contribution in [0.15, 0.2) is 5.38 Å². The molecule has 94 valence electrons. The zero-order chi connectivity index (χ0) is 12.7. The van der Waals surface area contributed by atoms with Crippen LogP contribution >= 0.6 is 11.3 Å². The predicted octanol–water partition coefficient (Wildman–Crippen LogP) is 2.10. The van der Waals surface area contributed by atoms with Crippen LogP contribution < -0.4 is 5.32 Å². The Bertz CT molecular complexity index is 365. The van der Waals surface area contributed by atoms with Crippen LogP contribution in [0.5, 0.6) is 0 Å². The number of hydrogen-bond acceptors (Lipinski definition) is 4. The normalized spacial score (nSPS) is 11.1. The third-order valence-corrected chi connectivity index (χ3v) is 3.31. The maximum atomic E-state index is 5.33. The number of nitrogens with one attached hydrogen (secondary N) is 1. The Morgan fingerprint density at radius 1 is 1.59 bits per heavy atom. The van der Waals surface area contributed by atoms with Gasteiger partial charge in [-0.1, -0.05) is 26.7 Å². The van der Waals surface area contributed by atoms with E-state index in [2.05, 4.69) is 47.3 Å². The second-order valence-electron chi connectivity index (χ2n) is 4.28. The summed E-state index contributed by atoms with van der Waals surface area (Å²) in [6.07, 6.45) is 5.33. The van der Waals surface area contributed by atoms with Gasteiger partial charge in [-0.3, -0.25) is 4.90 Å². The highest BCUT2D eigenvalue weighted by molar-refractivity contribution is 7.09. The van der Waals surface area contributed by atoms with Crippen LogP contribution in [-0.2, 0) is 13.1 Å². The van der Waals surface area contributed by atoms with Gasteiger partial charge >= 0.3 is 0 Å². The van der Waals surface area contributed by atoms with Crippen LogP contribution in [0, 0.1) is 12.3 Å². The van der Waals surface area contributed by atoms with Crippen LogP contribution in [0.1, 0.15) is 31.5 Å². The molecule has 0 aliphatic carbocycles. The summed E-state index contributed by atoms with van der Waals surface area (Å²) >= 11 is 1.71. The summed E-state index contributed by atoms with van der Waals surface area (Å²) in [6.45, 7) is 9.74. The van der Waals surface area contributed by atoms with Gasteiger partial charge in [0.2, 0.25) is 0 Å². The summed E-state index contributed by atoms with van der Waals surface area (Å²) in [5.74, 6) is 2.68. The van der Waals surface area contributed by atoms with E-state index < -0.39 is 0 Å². The molecule has 0 aliphatic rings. The van der Waals surface area contributed by atoms with Crippen LogP contribution in [0.2, 0.25) is 0 Å². The van der Waals surface area contributed by atoms with Crippen LogP contribution in [0.4, 0.5) is 0 Å². The number of thiazole rings is 1. The second kappa shape index (κ2) is 7.44. The van der Waals surface area contributed by atoms with E-state index in [0.29, 0.717) is 12.6 Å². The first-order valence-electron chi connectivity index (χ1n) is 5.98. The van der Waals surface area contributed by atoms with Gasteiger partial charge in [-0.2, -0.15) is 0 Å². The standard InChI is InChI=1S/C13H21N3S/c1-5-7-16(6-2)9-12-10-17-13(15-12)8-14-11(3)4/h1,10-11,14H,6-9H2,2-4H3.